The normalized spacial score (nSPS) is 24.2. The summed E-state index contributed by atoms with van der Waals surface area (Å²) in [4.78, 5) is 52.9. The van der Waals surface area contributed by atoms with Crippen LogP contribution < -0.4 is 5.73 Å². The van der Waals surface area contributed by atoms with Crippen LogP contribution in [0.2, 0.25) is 0 Å². The number of carbonyl (C=O) groups is 4. The molecular formula is C26H38N6O5. The number of rotatable bonds is 14. The number of amides is 4. The minimum absolute atomic E-state index is 0.0188. The van der Waals surface area contributed by atoms with Crippen molar-refractivity contribution in [3.8, 4) is 0 Å². The van der Waals surface area contributed by atoms with Crippen molar-refractivity contribution in [3.05, 3.63) is 24.0 Å². The zero-order chi connectivity index (χ0) is 26.7. The molecule has 4 rings (SSSR count). The number of allylic oxidation sites excluding steroid dienone is 2. The highest BCUT2D eigenvalue weighted by atomic mass is 16.3. The Bertz CT molecular complexity index is 1040. The Morgan fingerprint density at radius 2 is 1.78 bits per heavy atom. The summed E-state index contributed by atoms with van der Waals surface area (Å²) in [7, 11) is 0. The van der Waals surface area contributed by atoms with Gasteiger partial charge >= 0.3 is 0 Å². The molecule has 4 amide bonds. The molecule has 0 radical (unpaired) electrons. The molecule has 3 aliphatic rings. The second-order valence-corrected chi connectivity index (χ2v) is 11.1. The van der Waals surface area contributed by atoms with Gasteiger partial charge in [-0.3, -0.25) is 24.1 Å². The topological polar surface area (TPSA) is 152 Å². The smallest absolute Gasteiger partial charge is 0.233 e. The summed E-state index contributed by atoms with van der Waals surface area (Å²) >= 11 is 0. The molecule has 2 aliphatic carbocycles. The number of imide groups is 1. The first-order valence-electron chi connectivity index (χ1n) is 13.2. The summed E-state index contributed by atoms with van der Waals surface area (Å²) in [5, 5.41) is 17.6. The predicted octanol–water partition coefficient (Wildman–Crippen LogP) is 0.967. The zero-order valence-corrected chi connectivity index (χ0v) is 21.7. The van der Waals surface area contributed by atoms with E-state index in [1.165, 1.54) is 4.90 Å². The molecule has 4 atom stereocenters. The SMILES string of the molecule is CC(C)(CCO)n1cc(CN(CCC(N)=O)C(=O)CCCCCN2C(=O)[C@@H]3[C@H](C2=O)[C@@H]2C=C[C@@H]3C2)nn1. The van der Waals surface area contributed by atoms with Gasteiger partial charge < -0.3 is 15.7 Å². The van der Waals surface area contributed by atoms with Gasteiger partial charge in [0.2, 0.25) is 23.6 Å². The van der Waals surface area contributed by atoms with Gasteiger partial charge in [-0.15, -0.1) is 5.10 Å². The van der Waals surface area contributed by atoms with Crippen LogP contribution in [0.4, 0.5) is 0 Å². The summed E-state index contributed by atoms with van der Waals surface area (Å²) in [6.45, 7) is 4.69. The molecule has 1 aromatic rings. The molecule has 1 saturated carbocycles. The van der Waals surface area contributed by atoms with Gasteiger partial charge in [-0.2, -0.15) is 0 Å². The third-order valence-electron chi connectivity index (χ3n) is 8.05. The van der Waals surface area contributed by atoms with Crippen molar-refractivity contribution in [1.29, 1.82) is 0 Å². The third-order valence-corrected chi connectivity index (χ3v) is 8.05. The summed E-state index contributed by atoms with van der Waals surface area (Å²) in [6.07, 6.45) is 9.66. The molecule has 11 heteroatoms. The Balaban J connectivity index is 1.25. The molecule has 11 nitrogen and oxygen atoms in total. The molecule has 3 N–H and O–H groups in total. The molecule has 2 heterocycles. The molecular weight excluding hydrogens is 476 g/mol. The standard InChI is InChI=1S/C26H38N6O5/c1-26(2,10-13-33)32-16-19(28-29-32)15-30(12-9-20(27)34)21(35)6-4-3-5-11-31-24(36)22-17-7-8-18(14-17)23(22)25(31)37/h7-8,16-18,22-23,33H,3-6,9-15H2,1-2H3,(H2,27,34)/t17-,18-,22-,23+/m1/s1. The van der Waals surface area contributed by atoms with Gasteiger partial charge in [0.1, 0.15) is 5.69 Å². The quantitative estimate of drug-likeness (QED) is 0.213. The van der Waals surface area contributed by atoms with Crippen LogP contribution in [0.5, 0.6) is 0 Å². The summed E-state index contributed by atoms with van der Waals surface area (Å²) in [5.74, 6) is -0.586. The highest BCUT2D eigenvalue weighted by Crippen LogP contribution is 2.52. The van der Waals surface area contributed by atoms with Crippen LogP contribution in [0, 0.1) is 23.7 Å². The third kappa shape index (κ3) is 5.76. The van der Waals surface area contributed by atoms with E-state index in [0.29, 0.717) is 37.9 Å². The molecule has 0 spiro atoms. The number of unbranched alkanes of at least 4 members (excludes halogenated alkanes) is 2. The lowest BCUT2D eigenvalue weighted by molar-refractivity contribution is -0.141. The van der Waals surface area contributed by atoms with E-state index in [4.69, 9.17) is 5.73 Å². The maximum Gasteiger partial charge on any atom is 0.233 e. The number of aliphatic hydroxyl groups is 1. The second-order valence-electron chi connectivity index (χ2n) is 11.1. The van der Waals surface area contributed by atoms with Crippen LogP contribution >= 0.6 is 0 Å². The van der Waals surface area contributed by atoms with Gasteiger partial charge in [0.05, 0.1) is 30.1 Å². The van der Waals surface area contributed by atoms with Crippen LogP contribution in [0.3, 0.4) is 0 Å². The number of likely N-dealkylation sites (tertiary alicyclic amines) is 1. The van der Waals surface area contributed by atoms with Gasteiger partial charge in [-0.05, 0) is 51.4 Å². The fraction of sp³-hybridized carbons (Fsp3) is 0.692. The van der Waals surface area contributed by atoms with Crippen molar-refractivity contribution in [1.82, 2.24) is 24.8 Å². The van der Waals surface area contributed by atoms with E-state index < -0.39 is 11.4 Å². The highest BCUT2D eigenvalue weighted by Gasteiger charge is 2.58. The average Bonchev–Trinajstić information content (AvgIpc) is 3.62. The van der Waals surface area contributed by atoms with Gasteiger partial charge in [-0.25, -0.2) is 4.68 Å². The number of fused-ring (bicyclic) bond motifs is 5. The number of nitrogens with two attached hydrogens (primary N) is 1. The highest BCUT2D eigenvalue weighted by molar-refractivity contribution is 6.06. The molecule has 202 valence electrons. The lowest BCUT2D eigenvalue weighted by atomic mass is 9.85. The van der Waals surface area contributed by atoms with Gasteiger partial charge in [0, 0.05) is 32.5 Å². The lowest BCUT2D eigenvalue weighted by Gasteiger charge is -2.23. The van der Waals surface area contributed by atoms with Gasteiger partial charge in [-0.1, -0.05) is 23.8 Å². The summed E-state index contributed by atoms with van der Waals surface area (Å²) in [6, 6.07) is 0. The van der Waals surface area contributed by atoms with E-state index in [1.54, 1.807) is 15.8 Å². The van der Waals surface area contributed by atoms with Crippen molar-refractivity contribution in [2.45, 2.75) is 70.9 Å². The molecule has 1 saturated heterocycles. The Hall–Kier alpha value is -3.08. The Labute approximate surface area is 217 Å². The van der Waals surface area contributed by atoms with Crippen molar-refractivity contribution in [3.63, 3.8) is 0 Å². The minimum Gasteiger partial charge on any atom is -0.396 e. The molecule has 1 aromatic heterocycles. The van der Waals surface area contributed by atoms with E-state index in [-0.39, 0.29) is 73.9 Å². The number of primary amides is 1. The van der Waals surface area contributed by atoms with E-state index in [1.807, 2.05) is 13.8 Å². The van der Waals surface area contributed by atoms with Crippen molar-refractivity contribution < 1.29 is 24.3 Å². The largest absolute Gasteiger partial charge is 0.396 e. The average molecular weight is 515 g/mol. The number of hydrogen-bond donors (Lipinski definition) is 2. The first-order chi connectivity index (χ1) is 17.6. The summed E-state index contributed by atoms with van der Waals surface area (Å²) in [5.41, 5.74) is 5.47. The number of nitrogens with zero attached hydrogens (tertiary/aromatic N) is 5. The molecule has 37 heavy (non-hydrogen) atoms. The summed E-state index contributed by atoms with van der Waals surface area (Å²) < 4.78 is 1.67. The molecule has 2 fully saturated rings. The maximum absolute atomic E-state index is 13.0. The zero-order valence-electron chi connectivity index (χ0n) is 21.7. The Morgan fingerprint density at radius 1 is 1.11 bits per heavy atom. The van der Waals surface area contributed by atoms with E-state index in [0.717, 1.165) is 6.42 Å². The first kappa shape index (κ1) is 27.0. The van der Waals surface area contributed by atoms with Crippen LogP contribution in [-0.2, 0) is 31.3 Å². The molecule has 2 bridgehead atoms. The van der Waals surface area contributed by atoms with E-state index >= 15 is 0 Å². The van der Waals surface area contributed by atoms with E-state index in [9.17, 15) is 24.3 Å². The number of carbonyl (C=O) groups excluding carboxylic acids is 4. The monoisotopic (exact) mass is 514 g/mol. The van der Waals surface area contributed by atoms with Crippen LogP contribution in [-0.4, -0.2) is 73.2 Å². The van der Waals surface area contributed by atoms with E-state index in [2.05, 4.69) is 22.5 Å². The van der Waals surface area contributed by atoms with Crippen molar-refractivity contribution >= 4 is 23.6 Å². The second kappa shape index (κ2) is 11.1. The number of aromatic nitrogens is 3. The lowest BCUT2D eigenvalue weighted by Crippen LogP contribution is -2.34. The van der Waals surface area contributed by atoms with Crippen molar-refractivity contribution in [2.75, 3.05) is 19.7 Å². The van der Waals surface area contributed by atoms with Crippen molar-refractivity contribution in [2.24, 2.45) is 29.4 Å². The van der Waals surface area contributed by atoms with Gasteiger partial charge in [0.15, 0.2) is 0 Å². The fourth-order valence-electron chi connectivity index (χ4n) is 5.85. The van der Waals surface area contributed by atoms with Crippen LogP contribution in [0.25, 0.3) is 0 Å². The maximum atomic E-state index is 13.0. The van der Waals surface area contributed by atoms with Crippen LogP contribution in [0.15, 0.2) is 18.3 Å². The molecule has 0 unspecified atom stereocenters. The molecule has 1 aliphatic heterocycles. The predicted molar refractivity (Wildman–Crippen MR) is 133 cm³/mol. The Morgan fingerprint density at radius 3 is 2.41 bits per heavy atom. The van der Waals surface area contributed by atoms with Crippen LogP contribution in [0.1, 0.15) is 64.5 Å². The van der Waals surface area contributed by atoms with Gasteiger partial charge in [0.25, 0.3) is 0 Å². The number of aliphatic hydroxyl groups excluding tert-OH is 1. The first-order valence-corrected chi connectivity index (χ1v) is 13.2. The number of hydrogen-bond acceptors (Lipinski definition) is 7. The Kier molecular flexibility index (Phi) is 8.11. The minimum atomic E-state index is -0.487. The molecule has 0 aromatic carbocycles. The fourth-order valence-corrected chi connectivity index (χ4v) is 5.85.